The number of carbonyl (C=O) groups is 1. The van der Waals surface area contributed by atoms with E-state index in [2.05, 4.69) is 10.3 Å². The minimum atomic E-state index is -2.89. The zero-order valence-corrected chi connectivity index (χ0v) is 9.94. The fraction of sp³-hybridized carbons (Fsp3) is 0.700. The maximum Gasteiger partial charge on any atom is 0.358 e. The molecule has 0 fully saturated rings. The first-order valence-corrected chi connectivity index (χ1v) is 5.17. The molecule has 0 saturated heterocycles. The molecule has 5 nitrogen and oxygen atoms in total. The van der Waals surface area contributed by atoms with E-state index < -0.39 is 23.8 Å². The van der Waals surface area contributed by atoms with Gasteiger partial charge in [-0.3, -0.25) is 0 Å². The van der Waals surface area contributed by atoms with E-state index in [1.165, 1.54) is 0 Å². The number of aromatic carboxylic acids is 1. The Morgan fingerprint density at radius 1 is 1.47 bits per heavy atom. The molecule has 0 spiro atoms. The Labute approximate surface area is 97.4 Å². The van der Waals surface area contributed by atoms with Gasteiger partial charge in [-0.05, 0) is 11.8 Å². The first kappa shape index (κ1) is 13.5. The van der Waals surface area contributed by atoms with E-state index in [1.807, 2.05) is 20.8 Å². The largest absolute Gasteiger partial charge is 0.476 e. The Bertz CT molecular complexity index is 410. The molecule has 1 N–H and O–H groups in total. The monoisotopic (exact) mass is 247 g/mol. The molecule has 1 aromatic heterocycles. The molecule has 0 bridgehead atoms. The van der Waals surface area contributed by atoms with Crippen LogP contribution in [-0.2, 0) is 6.54 Å². The summed E-state index contributed by atoms with van der Waals surface area (Å²) in [7, 11) is 0. The average molecular weight is 247 g/mol. The standard InChI is InChI=1S/C10H15F2N3O2/c1-10(2,3)4-5-15-7(8(11)12)6(9(16)17)13-14-15/h8H,4-5H2,1-3H3,(H,16,17). The normalized spacial score (nSPS) is 12.1. The highest BCUT2D eigenvalue weighted by atomic mass is 19.3. The van der Waals surface area contributed by atoms with Crippen LogP contribution in [0.4, 0.5) is 8.78 Å². The van der Waals surface area contributed by atoms with E-state index in [0.717, 1.165) is 4.68 Å². The molecule has 0 radical (unpaired) electrons. The molecule has 17 heavy (non-hydrogen) atoms. The Morgan fingerprint density at radius 3 is 2.47 bits per heavy atom. The summed E-state index contributed by atoms with van der Waals surface area (Å²) in [4.78, 5) is 10.7. The fourth-order valence-electron chi connectivity index (χ4n) is 1.30. The van der Waals surface area contributed by atoms with Crippen molar-refractivity contribution in [1.82, 2.24) is 15.0 Å². The molecule has 0 aliphatic carbocycles. The Morgan fingerprint density at radius 2 is 2.06 bits per heavy atom. The van der Waals surface area contributed by atoms with Gasteiger partial charge in [0.25, 0.3) is 6.43 Å². The van der Waals surface area contributed by atoms with E-state index >= 15 is 0 Å². The van der Waals surface area contributed by atoms with Crippen LogP contribution in [0.15, 0.2) is 0 Å². The molecule has 0 atom stereocenters. The lowest BCUT2D eigenvalue weighted by Gasteiger charge is -2.18. The Balaban J connectivity index is 2.97. The van der Waals surface area contributed by atoms with Gasteiger partial charge < -0.3 is 5.11 Å². The maximum absolute atomic E-state index is 12.7. The molecule has 1 heterocycles. The Kier molecular flexibility index (Phi) is 3.79. The van der Waals surface area contributed by atoms with Gasteiger partial charge in [0.05, 0.1) is 0 Å². The number of carboxylic acid groups (broad SMARTS) is 1. The van der Waals surface area contributed by atoms with Crippen LogP contribution in [-0.4, -0.2) is 26.1 Å². The molecular weight excluding hydrogens is 232 g/mol. The number of nitrogens with zero attached hydrogens (tertiary/aromatic N) is 3. The van der Waals surface area contributed by atoms with E-state index in [-0.39, 0.29) is 12.0 Å². The van der Waals surface area contributed by atoms with Gasteiger partial charge in [-0.1, -0.05) is 26.0 Å². The predicted molar refractivity (Wildman–Crippen MR) is 56.0 cm³/mol. The average Bonchev–Trinajstić information content (AvgIpc) is 2.56. The molecule has 96 valence electrons. The van der Waals surface area contributed by atoms with Crippen molar-refractivity contribution in [2.75, 3.05) is 0 Å². The SMILES string of the molecule is CC(C)(C)CCn1nnc(C(=O)O)c1C(F)F. The molecule has 0 aliphatic rings. The third-order valence-electron chi connectivity index (χ3n) is 2.26. The van der Waals surface area contributed by atoms with Gasteiger partial charge in [-0.15, -0.1) is 5.10 Å². The summed E-state index contributed by atoms with van der Waals surface area (Å²) in [6, 6.07) is 0. The molecular formula is C10H15F2N3O2. The van der Waals surface area contributed by atoms with Crippen LogP contribution in [0.5, 0.6) is 0 Å². The van der Waals surface area contributed by atoms with Crippen LogP contribution >= 0.6 is 0 Å². The highest BCUT2D eigenvalue weighted by molar-refractivity contribution is 5.86. The van der Waals surface area contributed by atoms with Crippen molar-refractivity contribution in [1.29, 1.82) is 0 Å². The van der Waals surface area contributed by atoms with Crippen LogP contribution in [0.3, 0.4) is 0 Å². The van der Waals surface area contributed by atoms with Gasteiger partial charge in [0.15, 0.2) is 5.69 Å². The first-order valence-electron chi connectivity index (χ1n) is 5.17. The van der Waals surface area contributed by atoms with Crippen molar-refractivity contribution < 1.29 is 18.7 Å². The van der Waals surface area contributed by atoms with Crippen molar-refractivity contribution in [2.45, 2.75) is 40.2 Å². The van der Waals surface area contributed by atoms with Gasteiger partial charge >= 0.3 is 5.97 Å². The minimum absolute atomic E-state index is 0.0469. The number of hydrogen-bond donors (Lipinski definition) is 1. The smallest absolute Gasteiger partial charge is 0.358 e. The number of hydrogen-bond acceptors (Lipinski definition) is 3. The van der Waals surface area contributed by atoms with Crippen molar-refractivity contribution in [3.05, 3.63) is 11.4 Å². The van der Waals surface area contributed by atoms with Gasteiger partial charge in [0.2, 0.25) is 0 Å². The molecule has 1 rings (SSSR count). The molecule has 0 aliphatic heterocycles. The number of aromatic nitrogens is 3. The highest BCUT2D eigenvalue weighted by Gasteiger charge is 2.26. The predicted octanol–water partition coefficient (Wildman–Crippen LogP) is 2.35. The maximum atomic E-state index is 12.7. The van der Waals surface area contributed by atoms with Crippen LogP contribution < -0.4 is 0 Å². The summed E-state index contributed by atoms with van der Waals surface area (Å²) in [5, 5.41) is 15.4. The number of aryl methyl sites for hydroxylation is 1. The van der Waals surface area contributed by atoms with Gasteiger partial charge in [0.1, 0.15) is 5.69 Å². The lowest BCUT2D eigenvalue weighted by atomic mass is 9.92. The van der Waals surface area contributed by atoms with Crippen molar-refractivity contribution in [3.63, 3.8) is 0 Å². The summed E-state index contributed by atoms with van der Waals surface area (Å²) < 4.78 is 26.4. The summed E-state index contributed by atoms with van der Waals surface area (Å²) >= 11 is 0. The highest BCUT2D eigenvalue weighted by Crippen LogP contribution is 2.24. The van der Waals surface area contributed by atoms with Crippen LogP contribution in [0.1, 0.15) is 49.8 Å². The molecule has 0 unspecified atom stereocenters. The molecule has 0 amide bonds. The lowest BCUT2D eigenvalue weighted by Crippen LogP contribution is -2.14. The molecule has 0 aromatic carbocycles. The van der Waals surface area contributed by atoms with Crippen LogP contribution in [0.25, 0.3) is 0 Å². The number of halogens is 2. The second-order valence-corrected chi connectivity index (χ2v) is 4.96. The number of rotatable bonds is 4. The van der Waals surface area contributed by atoms with Crippen LogP contribution in [0, 0.1) is 5.41 Å². The van der Waals surface area contributed by atoms with Gasteiger partial charge in [0, 0.05) is 6.54 Å². The summed E-state index contributed by atoms with van der Waals surface area (Å²) in [5.41, 5.74) is -1.34. The third kappa shape index (κ3) is 3.47. The summed E-state index contributed by atoms with van der Waals surface area (Å²) in [5.74, 6) is -1.48. The lowest BCUT2D eigenvalue weighted by molar-refractivity contribution is 0.0675. The molecule has 7 heteroatoms. The fourth-order valence-corrected chi connectivity index (χ4v) is 1.30. The van der Waals surface area contributed by atoms with Crippen molar-refractivity contribution in [3.8, 4) is 0 Å². The van der Waals surface area contributed by atoms with E-state index in [1.54, 1.807) is 0 Å². The zero-order valence-electron chi connectivity index (χ0n) is 9.94. The van der Waals surface area contributed by atoms with Crippen LogP contribution in [0.2, 0.25) is 0 Å². The van der Waals surface area contributed by atoms with E-state index in [9.17, 15) is 13.6 Å². The summed E-state index contributed by atoms with van der Waals surface area (Å²) in [6.45, 7) is 6.11. The van der Waals surface area contributed by atoms with Gasteiger partial charge in [-0.2, -0.15) is 0 Å². The quantitative estimate of drug-likeness (QED) is 0.886. The second-order valence-electron chi connectivity index (χ2n) is 4.96. The summed E-state index contributed by atoms with van der Waals surface area (Å²) in [6.07, 6.45) is -2.29. The van der Waals surface area contributed by atoms with Crippen molar-refractivity contribution in [2.24, 2.45) is 5.41 Å². The van der Waals surface area contributed by atoms with E-state index in [4.69, 9.17) is 5.11 Å². The molecule has 1 aromatic rings. The third-order valence-corrected chi connectivity index (χ3v) is 2.26. The van der Waals surface area contributed by atoms with E-state index in [0.29, 0.717) is 6.42 Å². The van der Waals surface area contributed by atoms with Crippen molar-refractivity contribution >= 4 is 5.97 Å². The Hall–Kier alpha value is -1.53. The zero-order chi connectivity index (χ0) is 13.2. The minimum Gasteiger partial charge on any atom is -0.476 e. The van der Waals surface area contributed by atoms with Gasteiger partial charge in [-0.25, -0.2) is 18.3 Å². The first-order chi connectivity index (χ1) is 7.72. The number of alkyl halides is 2. The number of carboxylic acids is 1. The topological polar surface area (TPSA) is 68.0 Å². The molecule has 0 saturated carbocycles. The second kappa shape index (κ2) is 4.77.